The van der Waals surface area contributed by atoms with Crippen LogP contribution in [0, 0.1) is 12.8 Å². The zero-order valence-corrected chi connectivity index (χ0v) is 9.71. The number of nitrogens with one attached hydrogen (secondary N) is 3. The van der Waals surface area contributed by atoms with E-state index in [1.54, 1.807) is 0 Å². The molecule has 2 atom stereocenters. The van der Waals surface area contributed by atoms with E-state index in [0.29, 0.717) is 11.7 Å². The van der Waals surface area contributed by atoms with Gasteiger partial charge in [0.1, 0.15) is 0 Å². The monoisotopic (exact) mass is 222 g/mol. The van der Waals surface area contributed by atoms with Crippen LogP contribution in [0.4, 0.5) is 5.82 Å². The van der Waals surface area contributed by atoms with Gasteiger partial charge in [-0.1, -0.05) is 6.92 Å². The van der Waals surface area contributed by atoms with Crippen molar-refractivity contribution in [3.63, 3.8) is 0 Å². The lowest BCUT2D eigenvalue weighted by atomic mass is 9.92. The van der Waals surface area contributed by atoms with Gasteiger partial charge in [-0.3, -0.25) is 9.89 Å². The molecule has 2 unspecified atom stereocenters. The van der Waals surface area contributed by atoms with Crippen LogP contribution < -0.4 is 10.6 Å². The smallest absolute Gasteiger partial charge is 0.242 e. The first-order valence-electron chi connectivity index (χ1n) is 5.73. The van der Waals surface area contributed by atoms with Crippen LogP contribution in [0.15, 0.2) is 6.07 Å². The molecule has 5 nitrogen and oxygen atoms in total. The molecule has 1 aromatic heterocycles. The number of carbonyl (C=O) groups excluding carboxylic acids is 1. The molecular formula is C11H18N4O. The van der Waals surface area contributed by atoms with E-state index >= 15 is 0 Å². The molecule has 5 heteroatoms. The first kappa shape index (κ1) is 11.1. The van der Waals surface area contributed by atoms with Crippen molar-refractivity contribution in [1.29, 1.82) is 0 Å². The fourth-order valence-electron chi connectivity index (χ4n) is 2.09. The van der Waals surface area contributed by atoms with Crippen LogP contribution in [0.1, 0.15) is 25.5 Å². The van der Waals surface area contributed by atoms with Crippen LogP contribution in [0.25, 0.3) is 0 Å². The molecule has 2 heterocycles. The predicted octanol–water partition coefficient (Wildman–Crippen LogP) is 1.04. The standard InChI is InChI=1S/C11H18N4O/c1-7-4-3-5-12-10(7)11(16)13-9-6-8(2)14-15-9/h6-7,10,12H,3-5H2,1-2H3,(H2,13,14,15,16). The van der Waals surface area contributed by atoms with Crippen LogP contribution in [-0.2, 0) is 4.79 Å². The minimum Gasteiger partial charge on any atom is -0.308 e. The van der Waals surface area contributed by atoms with Gasteiger partial charge in [0.05, 0.1) is 6.04 Å². The second-order valence-corrected chi connectivity index (χ2v) is 4.48. The number of anilines is 1. The van der Waals surface area contributed by atoms with Crippen LogP contribution >= 0.6 is 0 Å². The molecule has 0 aliphatic carbocycles. The summed E-state index contributed by atoms with van der Waals surface area (Å²) in [5.74, 6) is 0.995. The fraction of sp³-hybridized carbons (Fsp3) is 0.636. The van der Waals surface area contributed by atoms with E-state index in [-0.39, 0.29) is 11.9 Å². The van der Waals surface area contributed by atoms with Crippen LogP contribution in [0.3, 0.4) is 0 Å². The average Bonchev–Trinajstić information content (AvgIpc) is 2.64. The quantitative estimate of drug-likeness (QED) is 0.700. The third-order valence-electron chi connectivity index (χ3n) is 3.01. The highest BCUT2D eigenvalue weighted by Crippen LogP contribution is 2.17. The summed E-state index contributed by atoms with van der Waals surface area (Å²) in [4.78, 5) is 12.0. The van der Waals surface area contributed by atoms with E-state index in [1.807, 2.05) is 13.0 Å². The lowest BCUT2D eigenvalue weighted by Gasteiger charge is -2.28. The van der Waals surface area contributed by atoms with Crippen molar-refractivity contribution in [3.8, 4) is 0 Å². The molecule has 16 heavy (non-hydrogen) atoms. The topological polar surface area (TPSA) is 69.8 Å². The molecule has 2 rings (SSSR count). The molecule has 1 fully saturated rings. The van der Waals surface area contributed by atoms with Crippen molar-refractivity contribution in [2.24, 2.45) is 5.92 Å². The molecule has 1 saturated heterocycles. The van der Waals surface area contributed by atoms with E-state index in [2.05, 4.69) is 27.8 Å². The minimum absolute atomic E-state index is 0.0127. The zero-order chi connectivity index (χ0) is 11.5. The van der Waals surface area contributed by atoms with Crippen LogP contribution in [-0.4, -0.2) is 28.7 Å². The van der Waals surface area contributed by atoms with E-state index in [4.69, 9.17) is 0 Å². The molecule has 0 aromatic carbocycles. The summed E-state index contributed by atoms with van der Waals surface area (Å²) >= 11 is 0. The van der Waals surface area contributed by atoms with E-state index in [9.17, 15) is 4.79 Å². The van der Waals surface area contributed by atoms with E-state index < -0.39 is 0 Å². The summed E-state index contributed by atoms with van der Waals surface area (Å²) in [5.41, 5.74) is 0.944. The van der Waals surface area contributed by atoms with Crippen molar-refractivity contribution >= 4 is 11.7 Å². The Hall–Kier alpha value is -1.36. The Morgan fingerprint density at radius 2 is 2.44 bits per heavy atom. The first-order valence-corrected chi connectivity index (χ1v) is 5.73. The number of carbonyl (C=O) groups is 1. The lowest BCUT2D eigenvalue weighted by molar-refractivity contribution is -0.119. The molecule has 0 spiro atoms. The number of aryl methyl sites for hydroxylation is 1. The number of aromatic nitrogens is 2. The molecule has 0 radical (unpaired) electrons. The predicted molar refractivity (Wildman–Crippen MR) is 62.1 cm³/mol. The molecule has 1 amide bonds. The maximum Gasteiger partial charge on any atom is 0.242 e. The Labute approximate surface area is 95.0 Å². The molecule has 1 aliphatic heterocycles. The number of nitrogens with zero attached hydrogens (tertiary/aromatic N) is 1. The fourth-order valence-corrected chi connectivity index (χ4v) is 2.09. The number of amides is 1. The van der Waals surface area contributed by atoms with Crippen molar-refractivity contribution in [1.82, 2.24) is 15.5 Å². The maximum absolute atomic E-state index is 12.0. The summed E-state index contributed by atoms with van der Waals surface area (Å²) in [6.45, 7) is 4.93. The second-order valence-electron chi connectivity index (χ2n) is 4.48. The molecule has 0 saturated carbocycles. The van der Waals surface area contributed by atoms with Gasteiger partial charge < -0.3 is 10.6 Å². The van der Waals surface area contributed by atoms with Gasteiger partial charge in [0, 0.05) is 11.8 Å². The summed E-state index contributed by atoms with van der Waals surface area (Å²) < 4.78 is 0. The Balaban J connectivity index is 1.96. The largest absolute Gasteiger partial charge is 0.308 e. The third-order valence-corrected chi connectivity index (χ3v) is 3.01. The first-order chi connectivity index (χ1) is 7.66. The van der Waals surface area contributed by atoms with Gasteiger partial charge in [-0.15, -0.1) is 0 Å². The number of piperidine rings is 1. The SMILES string of the molecule is Cc1cc(NC(=O)C2NCCCC2C)n[nH]1. The lowest BCUT2D eigenvalue weighted by Crippen LogP contribution is -2.48. The highest BCUT2D eigenvalue weighted by atomic mass is 16.2. The highest BCUT2D eigenvalue weighted by molar-refractivity contribution is 5.94. The number of hydrogen-bond donors (Lipinski definition) is 3. The Bertz CT molecular complexity index is 374. The van der Waals surface area contributed by atoms with Crippen molar-refractivity contribution < 1.29 is 4.79 Å². The Morgan fingerprint density at radius 1 is 1.62 bits per heavy atom. The highest BCUT2D eigenvalue weighted by Gasteiger charge is 2.27. The van der Waals surface area contributed by atoms with Gasteiger partial charge in [-0.2, -0.15) is 5.10 Å². The summed E-state index contributed by atoms with van der Waals surface area (Å²) in [6.07, 6.45) is 2.25. The summed E-state index contributed by atoms with van der Waals surface area (Å²) in [5, 5.41) is 12.9. The van der Waals surface area contributed by atoms with Crippen molar-refractivity contribution in [2.75, 3.05) is 11.9 Å². The van der Waals surface area contributed by atoms with Gasteiger partial charge in [0.2, 0.25) is 5.91 Å². The van der Waals surface area contributed by atoms with Crippen molar-refractivity contribution in [2.45, 2.75) is 32.7 Å². The van der Waals surface area contributed by atoms with E-state index in [0.717, 1.165) is 25.1 Å². The molecule has 3 N–H and O–H groups in total. The normalized spacial score (nSPS) is 25.4. The Kier molecular flexibility index (Phi) is 3.24. The minimum atomic E-state index is -0.0919. The number of H-pyrrole nitrogens is 1. The number of hydrogen-bond acceptors (Lipinski definition) is 3. The van der Waals surface area contributed by atoms with Gasteiger partial charge >= 0.3 is 0 Å². The van der Waals surface area contributed by atoms with Gasteiger partial charge in [-0.25, -0.2) is 0 Å². The molecule has 88 valence electrons. The van der Waals surface area contributed by atoms with Crippen molar-refractivity contribution in [3.05, 3.63) is 11.8 Å². The zero-order valence-electron chi connectivity index (χ0n) is 9.71. The third kappa shape index (κ3) is 2.41. The second kappa shape index (κ2) is 4.65. The molecule has 0 bridgehead atoms. The maximum atomic E-state index is 12.0. The van der Waals surface area contributed by atoms with Gasteiger partial charge in [-0.05, 0) is 32.2 Å². The summed E-state index contributed by atoms with van der Waals surface area (Å²) in [6, 6.07) is 1.73. The van der Waals surface area contributed by atoms with Gasteiger partial charge in [0.25, 0.3) is 0 Å². The molecule has 1 aromatic rings. The molecule has 1 aliphatic rings. The number of aromatic amines is 1. The van der Waals surface area contributed by atoms with Gasteiger partial charge in [0.15, 0.2) is 5.82 Å². The molecular weight excluding hydrogens is 204 g/mol. The van der Waals surface area contributed by atoms with E-state index in [1.165, 1.54) is 0 Å². The van der Waals surface area contributed by atoms with Crippen LogP contribution in [0.2, 0.25) is 0 Å². The average molecular weight is 222 g/mol. The summed E-state index contributed by atoms with van der Waals surface area (Å²) in [7, 11) is 0. The number of rotatable bonds is 2. The Morgan fingerprint density at radius 3 is 3.06 bits per heavy atom. The van der Waals surface area contributed by atoms with Crippen LogP contribution in [0.5, 0.6) is 0 Å².